The van der Waals surface area contributed by atoms with Gasteiger partial charge < -0.3 is 14.6 Å². The van der Waals surface area contributed by atoms with Gasteiger partial charge in [-0.05, 0) is 18.4 Å². The third-order valence-electron chi connectivity index (χ3n) is 3.03. The number of aliphatic hydroxyl groups is 1. The first-order valence-electron chi connectivity index (χ1n) is 7.19. The van der Waals surface area contributed by atoms with Gasteiger partial charge in [0.2, 0.25) is 0 Å². The van der Waals surface area contributed by atoms with Crippen LogP contribution in [0.4, 0.5) is 0 Å². The van der Waals surface area contributed by atoms with E-state index < -0.39 is 0 Å². The van der Waals surface area contributed by atoms with Crippen LogP contribution >= 0.6 is 0 Å². The largest absolute Gasteiger partial charge is 0.490 e. The van der Waals surface area contributed by atoms with Gasteiger partial charge in [0.15, 0.2) is 0 Å². The van der Waals surface area contributed by atoms with Crippen LogP contribution in [0.5, 0.6) is 5.75 Å². The molecule has 110 valence electrons. The topological polar surface area (TPSA) is 38.7 Å². The van der Waals surface area contributed by atoms with Gasteiger partial charge in [-0.15, -0.1) is 0 Å². The molecule has 21 heavy (non-hydrogen) atoms. The van der Waals surface area contributed by atoms with Crippen molar-refractivity contribution in [3.05, 3.63) is 42.0 Å². The lowest BCUT2D eigenvalue weighted by atomic mass is 10.0. The van der Waals surface area contributed by atoms with Gasteiger partial charge in [0.25, 0.3) is 0 Å². The summed E-state index contributed by atoms with van der Waals surface area (Å²) in [6.07, 6.45) is 0.460. The fourth-order valence-corrected chi connectivity index (χ4v) is 2.06. The Kier molecular flexibility index (Phi) is 6.08. The summed E-state index contributed by atoms with van der Waals surface area (Å²) in [4.78, 5) is 0. The molecule has 0 heterocycles. The van der Waals surface area contributed by atoms with Crippen LogP contribution in [0.3, 0.4) is 0 Å². The molecule has 0 fully saturated rings. The first kappa shape index (κ1) is 15.4. The lowest BCUT2D eigenvalue weighted by Crippen LogP contribution is -2.07. The van der Waals surface area contributed by atoms with Crippen molar-refractivity contribution in [2.24, 2.45) is 0 Å². The number of hydrogen-bond acceptors (Lipinski definition) is 3. The minimum absolute atomic E-state index is 0.0678. The summed E-state index contributed by atoms with van der Waals surface area (Å²) in [5, 5.41) is 11.1. The molecule has 0 aromatic heterocycles. The molecule has 3 heteroatoms. The van der Waals surface area contributed by atoms with E-state index in [9.17, 15) is 0 Å². The first-order valence-corrected chi connectivity index (χ1v) is 7.19. The summed E-state index contributed by atoms with van der Waals surface area (Å²) in [7, 11) is 0. The first-order chi connectivity index (χ1) is 10.4. The Hall–Kier alpha value is -2.02. The number of ether oxygens (including phenoxy) is 2. The number of benzene rings is 2. The SMILES string of the molecule is CCOCCOc1ccc2ccccc2c1C#CCCO. The fraction of sp³-hybridized carbons (Fsp3) is 0.333. The number of rotatable bonds is 6. The Labute approximate surface area is 125 Å². The highest BCUT2D eigenvalue weighted by atomic mass is 16.5. The van der Waals surface area contributed by atoms with Gasteiger partial charge in [0.1, 0.15) is 12.4 Å². The zero-order valence-electron chi connectivity index (χ0n) is 12.3. The fourth-order valence-electron chi connectivity index (χ4n) is 2.06. The Bertz CT molecular complexity index is 638. The predicted molar refractivity (Wildman–Crippen MR) is 84.5 cm³/mol. The van der Waals surface area contributed by atoms with Gasteiger partial charge in [-0.1, -0.05) is 42.2 Å². The van der Waals surface area contributed by atoms with Crippen molar-refractivity contribution in [1.82, 2.24) is 0 Å². The molecular weight excluding hydrogens is 264 g/mol. The van der Waals surface area contributed by atoms with Gasteiger partial charge in [-0.3, -0.25) is 0 Å². The highest BCUT2D eigenvalue weighted by Gasteiger charge is 2.06. The Morgan fingerprint density at radius 1 is 1.10 bits per heavy atom. The van der Waals surface area contributed by atoms with Crippen molar-refractivity contribution in [2.75, 3.05) is 26.4 Å². The minimum atomic E-state index is 0.0678. The van der Waals surface area contributed by atoms with Crippen LogP contribution in [-0.2, 0) is 4.74 Å². The van der Waals surface area contributed by atoms with E-state index in [2.05, 4.69) is 17.9 Å². The van der Waals surface area contributed by atoms with Gasteiger partial charge in [-0.2, -0.15) is 0 Å². The second-order valence-electron chi connectivity index (χ2n) is 4.48. The van der Waals surface area contributed by atoms with Crippen molar-refractivity contribution >= 4 is 10.8 Å². The van der Waals surface area contributed by atoms with Crippen LogP contribution in [-0.4, -0.2) is 31.5 Å². The van der Waals surface area contributed by atoms with E-state index >= 15 is 0 Å². The molecule has 2 aromatic carbocycles. The monoisotopic (exact) mass is 284 g/mol. The molecule has 0 spiro atoms. The van der Waals surface area contributed by atoms with E-state index in [0.717, 1.165) is 22.1 Å². The Morgan fingerprint density at radius 2 is 1.95 bits per heavy atom. The second-order valence-corrected chi connectivity index (χ2v) is 4.48. The van der Waals surface area contributed by atoms with Crippen LogP contribution in [0.2, 0.25) is 0 Å². The quantitative estimate of drug-likeness (QED) is 0.654. The van der Waals surface area contributed by atoms with E-state index in [1.54, 1.807) is 0 Å². The maximum Gasteiger partial charge on any atom is 0.135 e. The molecule has 2 rings (SSSR count). The van der Waals surface area contributed by atoms with Gasteiger partial charge in [0, 0.05) is 18.4 Å². The van der Waals surface area contributed by atoms with Crippen molar-refractivity contribution < 1.29 is 14.6 Å². The van der Waals surface area contributed by atoms with Crippen LogP contribution in [0.25, 0.3) is 10.8 Å². The summed E-state index contributed by atoms with van der Waals surface area (Å²) in [5.74, 6) is 6.86. The van der Waals surface area contributed by atoms with E-state index in [4.69, 9.17) is 14.6 Å². The van der Waals surface area contributed by atoms with Gasteiger partial charge in [0.05, 0.1) is 18.8 Å². The molecule has 0 unspecified atom stereocenters. The minimum Gasteiger partial charge on any atom is -0.490 e. The third kappa shape index (κ3) is 4.22. The molecule has 0 bridgehead atoms. The number of hydrogen-bond donors (Lipinski definition) is 1. The average molecular weight is 284 g/mol. The molecule has 3 nitrogen and oxygen atoms in total. The van der Waals surface area contributed by atoms with Gasteiger partial charge in [-0.25, -0.2) is 0 Å². The third-order valence-corrected chi connectivity index (χ3v) is 3.03. The molecule has 1 N–H and O–H groups in total. The maximum absolute atomic E-state index is 8.88. The number of aliphatic hydroxyl groups excluding tert-OH is 1. The summed E-state index contributed by atoms with van der Waals surface area (Å²) in [5.41, 5.74) is 0.873. The molecule has 0 amide bonds. The summed E-state index contributed by atoms with van der Waals surface area (Å²) in [6.45, 7) is 3.78. The molecule has 2 aromatic rings. The highest BCUT2D eigenvalue weighted by molar-refractivity contribution is 5.90. The highest BCUT2D eigenvalue weighted by Crippen LogP contribution is 2.27. The Balaban J connectivity index is 2.30. The average Bonchev–Trinajstić information content (AvgIpc) is 2.53. The lowest BCUT2D eigenvalue weighted by Gasteiger charge is -2.10. The number of fused-ring (bicyclic) bond motifs is 1. The smallest absolute Gasteiger partial charge is 0.135 e. The molecule has 0 atom stereocenters. The molecule has 0 saturated heterocycles. The van der Waals surface area contributed by atoms with Gasteiger partial charge >= 0.3 is 0 Å². The normalized spacial score (nSPS) is 10.2. The summed E-state index contributed by atoms with van der Waals surface area (Å²) in [6, 6.07) is 12.1. The van der Waals surface area contributed by atoms with E-state index in [1.165, 1.54) is 0 Å². The van der Waals surface area contributed by atoms with Crippen LogP contribution < -0.4 is 4.74 Å². The predicted octanol–water partition coefficient (Wildman–Crippen LogP) is 2.99. The molecule has 0 aliphatic rings. The molecule has 0 aliphatic heterocycles. The lowest BCUT2D eigenvalue weighted by molar-refractivity contribution is 0.110. The van der Waals surface area contributed by atoms with E-state index in [1.807, 2.05) is 37.3 Å². The maximum atomic E-state index is 8.88. The van der Waals surface area contributed by atoms with Crippen molar-refractivity contribution in [3.63, 3.8) is 0 Å². The summed E-state index contributed by atoms with van der Waals surface area (Å²) < 4.78 is 11.1. The second kappa shape index (κ2) is 8.31. The van der Waals surface area contributed by atoms with Crippen LogP contribution in [0.15, 0.2) is 36.4 Å². The zero-order valence-corrected chi connectivity index (χ0v) is 12.3. The van der Waals surface area contributed by atoms with Crippen LogP contribution in [0, 0.1) is 11.8 Å². The Morgan fingerprint density at radius 3 is 2.76 bits per heavy atom. The molecule has 0 saturated carbocycles. The van der Waals surface area contributed by atoms with E-state index in [0.29, 0.717) is 26.2 Å². The summed E-state index contributed by atoms with van der Waals surface area (Å²) >= 11 is 0. The van der Waals surface area contributed by atoms with Crippen LogP contribution in [0.1, 0.15) is 18.9 Å². The molecular formula is C18H20O3. The standard InChI is InChI=1S/C18H20O3/c1-2-20-13-14-21-18-11-10-15-7-3-4-8-16(15)17(18)9-5-6-12-19/h3-4,7-8,10-11,19H,2,6,12-14H2,1H3. The van der Waals surface area contributed by atoms with Crippen molar-refractivity contribution in [1.29, 1.82) is 0 Å². The van der Waals surface area contributed by atoms with Crippen molar-refractivity contribution in [2.45, 2.75) is 13.3 Å². The molecule has 0 aliphatic carbocycles. The zero-order chi connectivity index (χ0) is 14.9. The van der Waals surface area contributed by atoms with Crippen molar-refractivity contribution in [3.8, 4) is 17.6 Å². The van der Waals surface area contributed by atoms with E-state index in [-0.39, 0.29) is 6.61 Å². The molecule has 0 radical (unpaired) electrons.